The lowest BCUT2D eigenvalue weighted by atomic mass is 9.88. The number of benzene rings is 1. The Morgan fingerprint density at radius 3 is 2.56 bits per heavy atom. The van der Waals surface area contributed by atoms with Crippen LogP contribution in [0.25, 0.3) is 0 Å². The van der Waals surface area contributed by atoms with Gasteiger partial charge in [-0.25, -0.2) is 4.79 Å². The maximum atomic E-state index is 12.5. The maximum absolute atomic E-state index is 12.5. The van der Waals surface area contributed by atoms with E-state index in [1.165, 1.54) is 18.1 Å². The predicted molar refractivity (Wildman–Crippen MR) is 87.8 cm³/mol. The third-order valence-electron chi connectivity index (χ3n) is 4.01. The van der Waals surface area contributed by atoms with Crippen molar-refractivity contribution in [3.05, 3.63) is 27.2 Å². The molecule has 10 heteroatoms. The van der Waals surface area contributed by atoms with Crippen LogP contribution in [-0.4, -0.2) is 49.0 Å². The lowest BCUT2D eigenvalue weighted by molar-refractivity contribution is -0.154. The summed E-state index contributed by atoms with van der Waals surface area (Å²) in [5.41, 5.74) is 0.979. The summed E-state index contributed by atoms with van der Waals surface area (Å²) in [7, 11) is 1.40. The largest absolute Gasteiger partial charge is 0.496 e. The Bertz CT molecular complexity index is 664. The molecule has 1 atom stereocenters. The van der Waals surface area contributed by atoms with E-state index in [-0.39, 0.29) is 29.1 Å². The van der Waals surface area contributed by atoms with Gasteiger partial charge < -0.3 is 15.2 Å². The Labute approximate surface area is 152 Å². The number of halogens is 5. The number of likely N-dealkylation sites (tertiary alicyclic amines) is 1. The number of nitrogens with zero attached hydrogens (tertiary/aromatic N) is 1. The third-order valence-corrected chi connectivity index (χ3v) is 4.82. The normalized spacial score (nSPS) is 17.1. The molecule has 1 saturated heterocycles. The van der Waals surface area contributed by atoms with Gasteiger partial charge in [-0.3, -0.25) is 4.90 Å². The van der Waals surface area contributed by atoms with Crippen molar-refractivity contribution in [2.75, 3.05) is 26.7 Å². The van der Waals surface area contributed by atoms with E-state index in [0.29, 0.717) is 16.9 Å². The topological polar surface area (TPSA) is 61.8 Å². The van der Waals surface area contributed by atoms with Gasteiger partial charge in [0.05, 0.1) is 29.7 Å². The molecular formula is C15H17Cl2F3N2O3. The zero-order chi connectivity index (χ0) is 18.9. The first-order valence-electron chi connectivity index (χ1n) is 7.37. The highest BCUT2D eigenvalue weighted by Crippen LogP contribution is 2.45. The number of rotatable bonds is 5. The highest BCUT2D eigenvalue weighted by molar-refractivity contribution is 6.42. The van der Waals surface area contributed by atoms with Crippen molar-refractivity contribution >= 4 is 29.3 Å². The molecule has 2 rings (SSSR count). The summed E-state index contributed by atoms with van der Waals surface area (Å²) < 4.78 is 42.8. The second kappa shape index (κ2) is 7.47. The average molecular weight is 401 g/mol. The first kappa shape index (κ1) is 19.9. The fourth-order valence-corrected chi connectivity index (χ4v) is 3.48. The van der Waals surface area contributed by atoms with Crippen LogP contribution in [0.5, 0.6) is 5.75 Å². The molecule has 0 saturated carbocycles. The molecule has 5 nitrogen and oxygen atoms in total. The van der Waals surface area contributed by atoms with Crippen LogP contribution < -0.4 is 10.1 Å². The number of nitrogens with one attached hydrogen (secondary N) is 1. The summed E-state index contributed by atoms with van der Waals surface area (Å²) in [5, 5.41) is 11.6. The van der Waals surface area contributed by atoms with Crippen LogP contribution in [0.3, 0.4) is 0 Å². The molecule has 1 fully saturated rings. The molecule has 0 bridgehead atoms. The third kappa shape index (κ3) is 4.62. The molecule has 0 radical (unpaired) electrons. The minimum absolute atomic E-state index is 0.163. The smallest absolute Gasteiger partial charge is 0.405 e. The lowest BCUT2D eigenvalue weighted by Gasteiger charge is -2.41. The number of hydrogen-bond donors (Lipinski definition) is 2. The summed E-state index contributed by atoms with van der Waals surface area (Å²) in [4.78, 5) is 12.1. The number of carbonyl (C=O) groups is 1. The number of methoxy groups -OCH3 is 1. The molecule has 2 N–H and O–H groups in total. The first-order valence-corrected chi connectivity index (χ1v) is 8.13. The van der Waals surface area contributed by atoms with Crippen LogP contribution in [0.15, 0.2) is 6.07 Å². The fourth-order valence-electron chi connectivity index (χ4n) is 2.96. The molecule has 1 heterocycles. The summed E-state index contributed by atoms with van der Waals surface area (Å²) in [6.45, 7) is 0.941. The average Bonchev–Trinajstić information content (AvgIpc) is 2.43. The molecule has 25 heavy (non-hydrogen) atoms. The van der Waals surface area contributed by atoms with Gasteiger partial charge in [0.2, 0.25) is 0 Å². The van der Waals surface area contributed by atoms with E-state index in [9.17, 15) is 18.0 Å². The summed E-state index contributed by atoms with van der Waals surface area (Å²) in [6, 6.07) is 0.867. The zero-order valence-corrected chi connectivity index (χ0v) is 15.0. The molecular weight excluding hydrogens is 384 g/mol. The van der Waals surface area contributed by atoms with E-state index in [1.807, 2.05) is 0 Å². The second-order valence-corrected chi connectivity index (χ2v) is 6.67. The highest BCUT2D eigenvalue weighted by Gasteiger charge is 2.40. The SMILES string of the molecule is COc1c(C(C)NC(=O)O)cc(Cl)c(Cl)c1C1CN(CC(F)(F)F)C1. The van der Waals surface area contributed by atoms with Gasteiger partial charge in [-0.15, -0.1) is 0 Å². The van der Waals surface area contributed by atoms with Gasteiger partial charge in [0.15, 0.2) is 0 Å². The Morgan fingerprint density at radius 1 is 1.48 bits per heavy atom. The fraction of sp³-hybridized carbons (Fsp3) is 0.533. The van der Waals surface area contributed by atoms with Crippen molar-refractivity contribution in [1.82, 2.24) is 10.2 Å². The van der Waals surface area contributed by atoms with Gasteiger partial charge >= 0.3 is 12.3 Å². The van der Waals surface area contributed by atoms with Crippen LogP contribution in [0.2, 0.25) is 10.0 Å². The van der Waals surface area contributed by atoms with Crippen LogP contribution in [-0.2, 0) is 0 Å². The Morgan fingerprint density at radius 2 is 2.08 bits per heavy atom. The van der Waals surface area contributed by atoms with E-state index in [4.69, 9.17) is 33.0 Å². The van der Waals surface area contributed by atoms with Gasteiger partial charge in [0.25, 0.3) is 0 Å². The standard InChI is InChI=1S/C15H17Cl2F3N2O3/c1-7(21-14(23)24)9-3-10(16)12(17)11(13(9)25-2)8-4-22(5-8)6-15(18,19)20/h3,7-8,21H,4-6H2,1-2H3,(H,23,24). The second-order valence-electron chi connectivity index (χ2n) is 5.89. The monoisotopic (exact) mass is 400 g/mol. The van der Waals surface area contributed by atoms with Crippen molar-refractivity contribution in [2.24, 2.45) is 0 Å². The predicted octanol–water partition coefficient (Wildman–Crippen LogP) is 4.29. The van der Waals surface area contributed by atoms with Gasteiger partial charge in [0, 0.05) is 30.1 Å². The van der Waals surface area contributed by atoms with Crippen LogP contribution in [0.4, 0.5) is 18.0 Å². The minimum Gasteiger partial charge on any atom is -0.496 e. The van der Waals surface area contributed by atoms with E-state index in [0.717, 1.165) is 0 Å². The van der Waals surface area contributed by atoms with Gasteiger partial charge in [-0.1, -0.05) is 23.2 Å². The quantitative estimate of drug-likeness (QED) is 0.773. The van der Waals surface area contributed by atoms with E-state index < -0.39 is 24.9 Å². The molecule has 140 valence electrons. The molecule has 0 spiro atoms. The zero-order valence-electron chi connectivity index (χ0n) is 13.5. The maximum Gasteiger partial charge on any atom is 0.405 e. The van der Waals surface area contributed by atoms with Crippen molar-refractivity contribution in [3.8, 4) is 5.75 Å². The summed E-state index contributed by atoms with van der Waals surface area (Å²) in [5.74, 6) is 0.0617. The molecule has 1 aliphatic rings. The number of carboxylic acid groups (broad SMARTS) is 1. The minimum atomic E-state index is -4.27. The van der Waals surface area contributed by atoms with Crippen molar-refractivity contribution in [1.29, 1.82) is 0 Å². The van der Waals surface area contributed by atoms with E-state index in [2.05, 4.69) is 5.32 Å². The summed E-state index contributed by atoms with van der Waals surface area (Å²) >= 11 is 12.4. The highest BCUT2D eigenvalue weighted by atomic mass is 35.5. The van der Waals surface area contributed by atoms with E-state index >= 15 is 0 Å². The Kier molecular flexibility index (Phi) is 5.96. The molecule has 0 aromatic heterocycles. The van der Waals surface area contributed by atoms with Crippen molar-refractivity contribution in [2.45, 2.75) is 25.1 Å². The van der Waals surface area contributed by atoms with Crippen LogP contribution in [0, 0.1) is 0 Å². The number of ether oxygens (including phenoxy) is 1. The first-order chi connectivity index (χ1) is 11.5. The molecule has 1 aliphatic heterocycles. The number of hydrogen-bond acceptors (Lipinski definition) is 3. The van der Waals surface area contributed by atoms with Crippen LogP contribution in [0.1, 0.15) is 30.0 Å². The lowest BCUT2D eigenvalue weighted by Crippen LogP contribution is -2.49. The van der Waals surface area contributed by atoms with Crippen molar-refractivity contribution < 1.29 is 27.8 Å². The number of amides is 1. The molecule has 1 unspecified atom stereocenters. The molecule has 1 aromatic carbocycles. The number of alkyl halides is 3. The van der Waals surface area contributed by atoms with Crippen LogP contribution >= 0.6 is 23.2 Å². The molecule has 1 amide bonds. The summed E-state index contributed by atoms with van der Waals surface area (Å²) in [6.07, 6.45) is -5.49. The van der Waals surface area contributed by atoms with Gasteiger partial charge in [-0.2, -0.15) is 13.2 Å². The van der Waals surface area contributed by atoms with Crippen molar-refractivity contribution in [3.63, 3.8) is 0 Å². The Hall–Kier alpha value is -1.38. The Balaban J connectivity index is 2.32. The molecule has 0 aliphatic carbocycles. The van der Waals surface area contributed by atoms with Gasteiger partial charge in [-0.05, 0) is 13.0 Å². The molecule has 1 aromatic rings. The van der Waals surface area contributed by atoms with Gasteiger partial charge in [0.1, 0.15) is 5.75 Å². The van der Waals surface area contributed by atoms with E-state index in [1.54, 1.807) is 6.92 Å².